The number of halogens is 2. The molecule has 2 aromatic carbocycles. The maximum Gasteiger partial charge on any atom is 0.235 e. The lowest BCUT2D eigenvalue weighted by Gasteiger charge is -2.07. The largest absolute Gasteiger partial charge is 0.496 e. The summed E-state index contributed by atoms with van der Waals surface area (Å²) in [7, 11) is 1.53. The predicted octanol–water partition coefficient (Wildman–Crippen LogP) is 4.49. The van der Waals surface area contributed by atoms with Crippen LogP contribution in [0.25, 0.3) is 0 Å². The number of rotatable bonds is 4. The monoisotopic (exact) mass is 366 g/mol. The number of hydrogen-bond donors (Lipinski definition) is 0. The van der Waals surface area contributed by atoms with E-state index >= 15 is 0 Å². The van der Waals surface area contributed by atoms with Gasteiger partial charge in [0.25, 0.3) is 0 Å². The number of Topliss-reactive ketones (excluding diaryl/α,β-unsaturated/α-hetero) is 2. The Bertz CT molecular complexity index is 725. The molecule has 0 unspecified atom stereocenters. The topological polar surface area (TPSA) is 43.4 Å². The minimum atomic E-state index is -0.628. The molecule has 0 aliphatic carbocycles. The van der Waals surface area contributed by atoms with Gasteiger partial charge >= 0.3 is 0 Å². The molecular formula is C16H12BrClO3. The fourth-order valence-corrected chi connectivity index (χ4v) is 2.73. The van der Waals surface area contributed by atoms with Crippen LogP contribution in [-0.4, -0.2) is 18.7 Å². The SMILES string of the molecule is COc1ccc(C(=O)C(=O)c2ccc(C)cc2Cl)cc1Br. The molecule has 0 fully saturated rings. The quantitative estimate of drug-likeness (QED) is 0.591. The number of methoxy groups -OCH3 is 1. The summed E-state index contributed by atoms with van der Waals surface area (Å²) in [5.74, 6) is -0.645. The Kier molecular flexibility index (Phi) is 4.80. The first-order chi connectivity index (χ1) is 9.93. The smallest absolute Gasteiger partial charge is 0.235 e. The second-order valence-corrected chi connectivity index (χ2v) is 5.75. The number of hydrogen-bond acceptors (Lipinski definition) is 3. The van der Waals surface area contributed by atoms with Crippen LogP contribution in [0.15, 0.2) is 40.9 Å². The van der Waals surface area contributed by atoms with Crippen molar-refractivity contribution >= 4 is 39.1 Å². The van der Waals surface area contributed by atoms with E-state index in [1.165, 1.54) is 7.11 Å². The number of ketones is 2. The van der Waals surface area contributed by atoms with E-state index in [-0.39, 0.29) is 16.1 Å². The molecule has 0 amide bonds. The molecule has 0 N–H and O–H groups in total. The van der Waals surface area contributed by atoms with E-state index in [1.54, 1.807) is 36.4 Å². The van der Waals surface area contributed by atoms with Crippen LogP contribution in [0, 0.1) is 6.92 Å². The summed E-state index contributed by atoms with van der Waals surface area (Å²) in [6.07, 6.45) is 0. The average molecular weight is 368 g/mol. The highest BCUT2D eigenvalue weighted by Crippen LogP contribution is 2.27. The summed E-state index contributed by atoms with van der Waals surface area (Å²) in [6.45, 7) is 1.86. The van der Waals surface area contributed by atoms with E-state index in [0.29, 0.717) is 10.2 Å². The van der Waals surface area contributed by atoms with Gasteiger partial charge in [0.15, 0.2) is 0 Å². The first-order valence-electron chi connectivity index (χ1n) is 6.12. The van der Waals surface area contributed by atoms with Crippen molar-refractivity contribution in [3.8, 4) is 5.75 Å². The van der Waals surface area contributed by atoms with Crippen molar-refractivity contribution in [2.75, 3.05) is 7.11 Å². The molecule has 0 aliphatic heterocycles. The molecule has 0 heterocycles. The van der Waals surface area contributed by atoms with E-state index in [4.69, 9.17) is 16.3 Å². The van der Waals surface area contributed by atoms with Crippen LogP contribution in [-0.2, 0) is 0 Å². The third-order valence-corrected chi connectivity index (χ3v) is 3.92. The van der Waals surface area contributed by atoms with Crippen LogP contribution in [0.3, 0.4) is 0 Å². The number of aryl methyl sites for hydroxylation is 1. The van der Waals surface area contributed by atoms with E-state index in [1.807, 2.05) is 6.92 Å². The summed E-state index contributed by atoms with van der Waals surface area (Å²) in [4.78, 5) is 24.5. The summed E-state index contributed by atoms with van der Waals surface area (Å²) in [6, 6.07) is 9.70. The fraction of sp³-hybridized carbons (Fsp3) is 0.125. The fourth-order valence-electron chi connectivity index (χ4n) is 1.87. The molecule has 2 rings (SSSR count). The van der Waals surface area contributed by atoms with Crippen molar-refractivity contribution in [3.05, 3.63) is 62.6 Å². The molecule has 2 aromatic rings. The Morgan fingerprint density at radius 2 is 1.81 bits per heavy atom. The normalized spacial score (nSPS) is 10.3. The summed E-state index contributed by atoms with van der Waals surface area (Å²) < 4.78 is 5.70. The summed E-state index contributed by atoms with van der Waals surface area (Å²) in [5, 5.41) is 0.279. The number of ether oxygens (including phenoxy) is 1. The number of carbonyl (C=O) groups excluding carboxylic acids is 2. The van der Waals surface area contributed by atoms with Gasteiger partial charge in [-0.05, 0) is 58.7 Å². The molecule has 21 heavy (non-hydrogen) atoms. The van der Waals surface area contributed by atoms with Crippen LogP contribution in [0.1, 0.15) is 26.3 Å². The molecule has 108 valence electrons. The number of benzene rings is 2. The second-order valence-electron chi connectivity index (χ2n) is 4.49. The van der Waals surface area contributed by atoms with Crippen LogP contribution in [0.5, 0.6) is 5.75 Å². The van der Waals surface area contributed by atoms with Crippen molar-refractivity contribution in [1.29, 1.82) is 0 Å². The minimum Gasteiger partial charge on any atom is -0.496 e. The van der Waals surface area contributed by atoms with E-state index < -0.39 is 11.6 Å². The highest BCUT2D eigenvalue weighted by molar-refractivity contribution is 9.10. The molecule has 0 bridgehead atoms. The Morgan fingerprint density at radius 3 is 2.38 bits per heavy atom. The molecule has 5 heteroatoms. The van der Waals surface area contributed by atoms with Gasteiger partial charge in [-0.15, -0.1) is 0 Å². The molecule has 0 spiro atoms. The van der Waals surface area contributed by atoms with Gasteiger partial charge in [-0.1, -0.05) is 17.7 Å². The predicted molar refractivity (Wildman–Crippen MR) is 85.5 cm³/mol. The van der Waals surface area contributed by atoms with Gasteiger partial charge in [0.05, 0.1) is 16.6 Å². The summed E-state index contributed by atoms with van der Waals surface area (Å²) in [5.41, 5.74) is 1.42. The van der Waals surface area contributed by atoms with Crippen molar-refractivity contribution in [3.63, 3.8) is 0 Å². The first-order valence-corrected chi connectivity index (χ1v) is 7.30. The van der Waals surface area contributed by atoms with Gasteiger partial charge < -0.3 is 4.74 Å². The minimum absolute atomic E-state index is 0.208. The van der Waals surface area contributed by atoms with Crippen molar-refractivity contribution in [2.45, 2.75) is 6.92 Å². The molecule has 0 aromatic heterocycles. The molecular weight excluding hydrogens is 356 g/mol. The molecule has 0 atom stereocenters. The molecule has 0 saturated carbocycles. The highest BCUT2D eigenvalue weighted by atomic mass is 79.9. The maximum atomic E-state index is 12.3. The first kappa shape index (κ1) is 15.7. The van der Waals surface area contributed by atoms with Gasteiger partial charge in [-0.25, -0.2) is 0 Å². The lowest BCUT2D eigenvalue weighted by atomic mass is 10.0. The Labute approximate surface area is 136 Å². The van der Waals surface area contributed by atoms with Crippen molar-refractivity contribution in [2.24, 2.45) is 0 Å². The zero-order valence-corrected chi connectivity index (χ0v) is 13.8. The third kappa shape index (κ3) is 3.34. The van der Waals surface area contributed by atoms with Crippen molar-refractivity contribution < 1.29 is 14.3 Å². The van der Waals surface area contributed by atoms with Crippen LogP contribution < -0.4 is 4.74 Å². The maximum absolute atomic E-state index is 12.3. The standard InChI is InChI=1S/C16H12BrClO3/c1-9-3-5-11(13(18)7-9)16(20)15(19)10-4-6-14(21-2)12(17)8-10/h3-8H,1-2H3. The molecule has 0 aliphatic rings. The molecule has 0 radical (unpaired) electrons. The van der Waals surface area contributed by atoms with Gasteiger partial charge in [-0.3, -0.25) is 9.59 Å². The Hall–Kier alpha value is -1.65. The summed E-state index contributed by atoms with van der Waals surface area (Å²) >= 11 is 9.32. The Balaban J connectivity index is 2.35. The second kappa shape index (κ2) is 6.41. The molecule has 3 nitrogen and oxygen atoms in total. The van der Waals surface area contributed by atoms with E-state index in [0.717, 1.165) is 5.56 Å². The van der Waals surface area contributed by atoms with Gasteiger partial charge in [-0.2, -0.15) is 0 Å². The lowest BCUT2D eigenvalue weighted by Crippen LogP contribution is -2.15. The zero-order chi connectivity index (χ0) is 15.6. The van der Waals surface area contributed by atoms with Gasteiger partial charge in [0, 0.05) is 11.1 Å². The van der Waals surface area contributed by atoms with Gasteiger partial charge in [0.2, 0.25) is 11.6 Å². The van der Waals surface area contributed by atoms with E-state index in [9.17, 15) is 9.59 Å². The van der Waals surface area contributed by atoms with Crippen LogP contribution in [0.4, 0.5) is 0 Å². The van der Waals surface area contributed by atoms with Crippen LogP contribution >= 0.6 is 27.5 Å². The van der Waals surface area contributed by atoms with Gasteiger partial charge in [0.1, 0.15) is 5.75 Å². The third-order valence-electron chi connectivity index (χ3n) is 2.99. The van der Waals surface area contributed by atoms with Crippen molar-refractivity contribution in [1.82, 2.24) is 0 Å². The average Bonchev–Trinajstić information content (AvgIpc) is 2.45. The highest BCUT2D eigenvalue weighted by Gasteiger charge is 2.21. The lowest BCUT2D eigenvalue weighted by molar-refractivity contribution is 0.0817. The van der Waals surface area contributed by atoms with E-state index in [2.05, 4.69) is 15.9 Å². The Morgan fingerprint density at radius 1 is 1.10 bits per heavy atom. The molecule has 0 saturated heterocycles. The van der Waals surface area contributed by atoms with Crippen LogP contribution in [0.2, 0.25) is 5.02 Å². The zero-order valence-electron chi connectivity index (χ0n) is 11.4. The number of carbonyl (C=O) groups is 2.